The maximum atomic E-state index is 10.6. The summed E-state index contributed by atoms with van der Waals surface area (Å²) in [7, 11) is -3.33. The molecule has 0 bridgehead atoms. The molecule has 0 amide bonds. The quantitative estimate of drug-likeness (QED) is 0.688. The number of aryl methyl sites for hydroxylation is 1. The standard InChI is InChI=1S/C6H10N2O3S2/c1-5-6(8-12-7-5)3-4-11-13(2,9)10/h3-4H2,1-2H3. The van der Waals surface area contributed by atoms with Gasteiger partial charge in [-0.05, 0) is 6.92 Å². The van der Waals surface area contributed by atoms with E-state index in [9.17, 15) is 8.42 Å². The zero-order chi connectivity index (χ0) is 9.90. The maximum Gasteiger partial charge on any atom is 0.264 e. The lowest BCUT2D eigenvalue weighted by atomic mass is 10.3. The second-order valence-corrected chi connectivity index (χ2v) is 4.74. The Balaban J connectivity index is 2.41. The third-order valence-corrected chi connectivity index (χ3v) is 2.64. The monoisotopic (exact) mass is 222 g/mol. The Bertz CT molecular complexity index is 371. The Hall–Kier alpha value is -0.530. The molecule has 0 spiro atoms. The summed E-state index contributed by atoms with van der Waals surface area (Å²) in [6.45, 7) is 1.96. The molecule has 5 nitrogen and oxygen atoms in total. The number of hydrogen-bond acceptors (Lipinski definition) is 6. The lowest BCUT2D eigenvalue weighted by Gasteiger charge is -1.98. The zero-order valence-electron chi connectivity index (χ0n) is 7.35. The lowest BCUT2D eigenvalue weighted by molar-refractivity contribution is 0.324. The third kappa shape index (κ3) is 3.79. The molecular formula is C6H10N2O3S2. The van der Waals surface area contributed by atoms with Crippen LogP contribution in [0.1, 0.15) is 11.4 Å². The zero-order valence-corrected chi connectivity index (χ0v) is 8.98. The topological polar surface area (TPSA) is 69.2 Å². The minimum absolute atomic E-state index is 0.130. The van der Waals surface area contributed by atoms with E-state index in [0.29, 0.717) is 6.42 Å². The van der Waals surface area contributed by atoms with Crippen LogP contribution in [0.2, 0.25) is 0 Å². The highest BCUT2D eigenvalue weighted by Crippen LogP contribution is 2.05. The molecular weight excluding hydrogens is 212 g/mol. The van der Waals surface area contributed by atoms with E-state index >= 15 is 0 Å². The van der Waals surface area contributed by atoms with Crippen LogP contribution in [0, 0.1) is 6.92 Å². The Kier molecular flexibility index (Phi) is 3.34. The summed E-state index contributed by atoms with van der Waals surface area (Å²) in [5, 5.41) is 0. The molecule has 1 heterocycles. The van der Waals surface area contributed by atoms with Gasteiger partial charge in [0.05, 0.1) is 36.0 Å². The van der Waals surface area contributed by atoms with Gasteiger partial charge in [-0.25, -0.2) is 0 Å². The molecule has 0 radical (unpaired) electrons. The van der Waals surface area contributed by atoms with E-state index in [1.165, 1.54) is 0 Å². The first-order chi connectivity index (χ1) is 5.99. The molecule has 13 heavy (non-hydrogen) atoms. The molecule has 0 atom stereocenters. The average Bonchev–Trinajstić information content (AvgIpc) is 2.34. The van der Waals surface area contributed by atoms with Gasteiger partial charge in [0, 0.05) is 6.42 Å². The van der Waals surface area contributed by atoms with Crippen LogP contribution in [-0.4, -0.2) is 30.0 Å². The molecule has 0 fully saturated rings. The Morgan fingerprint density at radius 1 is 1.46 bits per heavy atom. The van der Waals surface area contributed by atoms with Crippen LogP contribution < -0.4 is 0 Å². The molecule has 74 valence electrons. The van der Waals surface area contributed by atoms with E-state index in [4.69, 9.17) is 0 Å². The fourth-order valence-electron chi connectivity index (χ4n) is 0.766. The van der Waals surface area contributed by atoms with E-state index in [2.05, 4.69) is 12.9 Å². The SMILES string of the molecule is Cc1nsnc1CCOS(C)(=O)=O. The van der Waals surface area contributed by atoms with E-state index < -0.39 is 10.1 Å². The van der Waals surface area contributed by atoms with Crippen LogP contribution in [0.4, 0.5) is 0 Å². The summed E-state index contributed by atoms with van der Waals surface area (Å²) in [4.78, 5) is 0. The second kappa shape index (κ2) is 4.12. The molecule has 0 saturated heterocycles. The fraction of sp³-hybridized carbons (Fsp3) is 0.667. The van der Waals surface area contributed by atoms with Crippen molar-refractivity contribution in [1.29, 1.82) is 0 Å². The largest absolute Gasteiger partial charge is 0.270 e. The fourth-order valence-corrected chi connectivity index (χ4v) is 1.74. The van der Waals surface area contributed by atoms with Crippen LogP contribution in [-0.2, 0) is 20.7 Å². The van der Waals surface area contributed by atoms with E-state index in [1.54, 1.807) is 0 Å². The summed E-state index contributed by atoms with van der Waals surface area (Å²) >= 11 is 1.12. The third-order valence-electron chi connectivity index (χ3n) is 1.38. The molecule has 0 aliphatic heterocycles. The number of nitrogens with zero attached hydrogens (tertiary/aromatic N) is 2. The number of aromatic nitrogens is 2. The van der Waals surface area contributed by atoms with E-state index in [-0.39, 0.29) is 6.61 Å². The molecule has 7 heteroatoms. The predicted molar refractivity (Wildman–Crippen MR) is 49.1 cm³/mol. The number of hydrogen-bond donors (Lipinski definition) is 0. The van der Waals surface area contributed by atoms with Crippen molar-refractivity contribution in [2.75, 3.05) is 12.9 Å². The van der Waals surface area contributed by atoms with Gasteiger partial charge < -0.3 is 0 Å². The lowest BCUT2D eigenvalue weighted by Crippen LogP contribution is -2.06. The van der Waals surface area contributed by atoms with Crippen LogP contribution in [0.3, 0.4) is 0 Å². The first-order valence-corrected chi connectivity index (χ1v) is 6.16. The molecule has 1 aromatic heterocycles. The van der Waals surface area contributed by atoms with Gasteiger partial charge in [-0.15, -0.1) is 0 Å². The van der Waals surface area contributed by atoms with Gasteiger partial charge in [0.2, 0.25) is 0 Å². The van der Waals surface area contributed by atoms with Crippen LogP contribution >= 0.6 is 11.7 Å². The second-order valence-electron chi connectivity index (χ2n) is 2.57. The van der Waals surface area contributed by atoms with E-state index in [0.717, 1.165) is 29.4 Å². The van der Waals surface area contributed by atoms with Gasteiger partial charge >= 0.3 is 0 Å². The molecule has 1 rings (SSSR count). The highest BCUT2D eigenvalue weighted by Gasteiger charge is 2.05. The highest BCUT2D eigenvalue weighted by molar-refractivity contribution is 7.85. The first-order valence-electron chi connectivity index (χ1n) is 3.61. The average molecular weight is 222 g/mol. The maximum absolute atomic E-state index is 10.6. The van der Waals surface area contributed by atoms with E-state index in [1.807, 2.05) is 6.92 Å². The van der Waals surface area contributed by atoms with Crippen molar-refractivity contribution in [1.82, 2.24) is 8.75 Å². The molecule has 0 N–H and O–H groups in total. The normalized spacial score (nSPS) is 11.8. The summed E-state index contributed by atoms with van der Waals surface area (Å²) in [5.74, 6) is 0. The van der Waals surface area contributed by atoms with Crippen molar-refractivity contribution in [2.24, 2.45) is 0 Å². The Labute approximate surface area is 81.2 Å². The van der Waals surface area contributed by atoms with Crippen LogP contribution in [0.25, 0.3) is 0 Å². The van der Waals surface area contributed by atoms with Crippen molar-refractivity contribution in [2.45, 2.75) is 13.3 Å². The highest BCUT2D eigenvalue weighted by atomic mass is 32.2. The van der Waals surface area contributed by atoms with Gasteiger partial charge in [-0.2, -0.15) is 17.2 Å². The van der Waals surface area contributed by atoms with Crippen LogP contribution in [0.15, 0.2) is 0 Å². The predicted octanol–water partition coefficient (Wildman–Crippen LogP) is 0.365. The molecule has 0 aliphatic carbocycles. The van der Waals surface area contributed by atoms with Gasteiger partial charge in [-0.1, -0.05) is 0 Å². The summed E-state index contributed by atoms with van der Waals surface area (Å²) < 4.78 is 33.7. The molecule has 0 aromatic carbocycles. The van der Waals surface area contributed by atoms with Gasteiger partial charge in [0.1, 0.15) is 0 Å². The van der Waals surface area contributed by atoms with Gasteiger partial charge in [0.25, 0.3) is 10.1 Å². The summed E-state index contributed by atoms with van der Waals surface area (Å²) in [6.07, 6.45) is 1.51. The Morgan fingerprint density at radius 2 is 2.15 bits per heavy atom. The minimum Gasteiger partial charge on any atom is -0.270 e. The van der Waals surface area contributed by atoms with Crippen molar-refractivity contribution < 1.29 is 12.6 Å². The summed E-state index contributed by atoms with van der Waals surface area (Å²) in [6, 6.07) is 0. The van der Waals surface area contributed by atoms with Crippen molar-refractivity contribution >= 4 is 21.8 Å². The van der Waals surface area contributed by atoms with Crippen molar-refractivity contribution in [3.8, 4) is 0 Å². The van der Waals surface area contributed by atoms with Gasteiger partial charge in [0.15, 0.2) is 0 Å². The summed E-state index contributed by atoms with van der Waals surface area (Å²) in [5.41, 5.74) is 1.63. The van der Waals surface area contributed by atoms with Crippen molar-refractivity contribution in [3.63, 3.8) is 0 Å². The molecule has 1 aromatic rings. The number of rotatable bonds is 4. The molecule has 0 unspecified atom stereocenters. The Morgan fingerprint density at radius 3 is 2.62 bits per heavy atom. The molecule has 0 aliphatic rings. The van der Waals surface area contributed by atoms with Gasteiger partial charge in [-0.3, -0.25) is 4.18 Å². The molecule has 0 saturated carbocycles. The smallest absolute Gasteiger partial charge is 0.264 e. The first kappa shape index (κ1) is 10.6. The van der Waals surface area contributed by atoms with Crippen molar-refractivity contribution in [3.05, 3.63) is 11.4 Å². The van der Waals surface area contributed by atoms with Crippen LogP contribution in [0.5, 0.6) is 0 Å². The minimum atomic E-state index is -3.33.